The van der Waals surface area contributed by atoms with E-state index in [-0.39, 0.29) is 0 Å². The quantitative estimate of drug-likeness (QED) is 0.203. The summed E-state index contributed by atoms with van der Waals surface area (Å²) in [6.45, 7) is 0. The maximum absolute atomic E-state index is 6.17. The van der Waals surface area contributed by atoms with Crippen LogP contribution in [0.15, 0.2) is 174 Å². The standard InChI is InChI=1S/C42H28N2O/c1-2-11-30(12-3-1)43(31-23-21-29(22-24-31)34-16-10-20-41-42(34)37-15-6-9-19-40(37)45-41)32-25-27-33(28-26-32)44-38-17-7-4-13-35(38)36-14-5-8-18-39(36)44/h1-28H. The minimum atomic E-state index is 0.909. The van der Waals surface area contributed by atoms with Gasteiger partial charge in [0.2, 0.25) is 0 Å². The van der Waals surface area contributed by atoms with Gasteiger partial charge in [0.1, 0.15) is 11.2 Å². The number of aromatic nitrogens is 1. The first kappa shape index (κ1) is 25.4. The maximum Gasteiger partial charge on any atom is 0.136 e. The zero-order chi connectivity index (χ0) is 29.7. The van der Waals surface area contributed by atoms with Gasteiger partial charge in [-0.1, -0.05) is 97.1 Å². The van der Waals surface area contributed by atoms with Gasteiger partial charge in [0.25, 0.3) is 0 Å². The Morgan fingerprint density at radius 2 is 0.933 bits per heavy atom. The fraction of sp³-hybridized carbons (Fsp3) is 0. The summed E-state index contributed by atoms with van der Waals surface area (Å²) in [7, 11) is 0. The zero-order valence-electron chi connectivity index (χ0n) is 24.5. The third-order valence-electron chi connectivity index (χ3n) is 8.80. The zero-order valence-corrected chi connectivity index (χ0v) is 24.5. The lowest BCUT2D eigenvalue weighted by Gasteiger charge is -2.26. The minimum absolute atomic E-state index is 0.909. The molecule has 0 fully saturated rings. The summed E-state index contributed by atoms with van der Waals surface area (Å²) in [5, 5.41) is 4.83. The highest BCUT2D eigenvalue weighted by molar-refractivity contribution is 6.12. The Labute approximate surface area is 260 Å². The molecule has 0 radical (unpaired) electrons. The monoisotopic (exact) mass is 576 g/mol. The second-order valence-corrected chi connectivity index (χ2v) is 11.4. The summed E-state index contributed by atoms with van der Waals surface area (Å²) < 4.78 is 8.52. The van der Waals surface area contributed by atoms with Crippen molar-refractivity contribution in [2.45, 2.75) is 0 Å². The largest absolute Gasteiger partial charge is 0.456 e. The number of para-hydroxylation sites is 4. The van der Waals surface area contributed by atoms with Crippen molar-refractivity contribution in [3.63, 3.8) is 0 Å². The molecule has 9 aromatic rings. The van der Waals surface area contributed by atoms with Gasteiger partial charge in [-0.25, -0.2) is 0 Å². The van der Waals surface area contributed by atoms with E-state index in [1.165, 1.54) is 27.4 Å². The Kier molecular flexibility index (Phi) is 5.82. The number of anilines is 3. The van der Waals surface area contributed by atoms with Crippen molar-refractivity contribution in [2.24, 2.45) is 0 Å². The van der Waals surface area contributed by atoms with E-state index in [4.69, 9.17) is 4.42 Å². The van der Waals surface area contributed by atoms with E-state index in [2.05, 4.69) is 161 Å². The van der Waals surface area contributed by atoms with Crippen LogP contribution >= 0.6 is 0 Å². The molecule has 45 heavy (non-hydrogen) atoms. The Hall–Kier alpha value is -6.06. The first-order valence-electron chi connectivity index (χ1n) is 15.3. The summed E-state index contributed by atoms with van der Waals surface area (Å²) in [5.74, 6) is 0. The molecule has 0 aliphatic heterocycles. The highest BCUT2D eigenvalue weighted by Gasteiger charge is 2.16. The summed E-state index contributed by atoms with van der Waals surface area (Å²) in [6.07, 6.45) is 0. The molecule has 0 spiro atoms. The minimum Gasteiger partial charge on any atom is -0.456 e. The number of hydrogen-bond acceptors (Lipinski definition) is 2. The van der Waals surface area contributed by atoms with Crippen LogP contribution in [0.2, 0.25) is 0 Å². The van der Waals surface area contributed by atoms with Crippen LogP contribution in [0.4, 0.5) is 17.1 Å². The summed E-state index contributed by atoms with van der Waals surface area (Å²) >= 11 is 0. The molecule has 3 heteroatoms. The normalized spacial score (nSPS) is 11.6. The lowest BCUT2D eigenvalue weighted by molar-refractivity contribution is 0.669. The predicted octanol–water partition coefficient (Wildman–Crippen LogP) is 11.8. The Bertz CT molecular complexity index is 2420. The molecule has 0 bridgehead atoms. The molecule has 9 rings (SSSR count). The summed E-state index contributed by atoms with van der Waals surface area (Å²) in [5.41, 5.74) is 11.0. The van der Waals surface area contributed by atoms with Crippen molar-refractivity contribution < 1.29 is 4.42 Å². The van der Waals surface area contributed by atoms with E-state index >= 15 is 0 Å². The van der Waals surface area contributed by atoms with E-state index in [0.717, 1.165) is 50.3 Å². The Balaban J connectivity index is 1.14. The second-order valence-electron chi connectivity index (χ2n) is 11.4. The molecule has 0 atom stereocenters. The van der Waals surface area contributed by atoms with Crippen molar-refractivity contribution >= 4 is 60.8 Å². The van der Waals surface area contributed by atoms with Crippen LogP contribution < -0.4 is 4.90 Å². The van der Waals surface area contributed by atoms with Crippen molar-refractivity contribution in [3.8, 4) is 16.8 Å². The van der Waals surface area contributed by atoms with Gasteiger partial charge < -0.3 is 13.9 Å². The number of furan rings is 1. The van der Waals surface area contributed by atoms with Crippen LogP contribution in [0, 0.1) is 0 Å². The van der Waals surface area contributed by atoms with Gasteiger partial charge in [0.05, 0.1) is 11.0 Å². The number of hydrogen-bond donors (Lipinski definition) is 0. The van der Waals surface area contributed by atoms with Crippen LogP contribution in [0.3, 0.4) is 0 Å². The first-order chi connectivity index (χ1) is 22.3. The fourth-order valence-electron chi connectivity index (χ4n) is 6.78. The average Bonchev–Trinajstić information content (AvgIpc) is 3.66. The van der Waals surface area contributed by atoms with Crippen molar-refractivity contribution in [2.75, 3.05) is 4.90 Å². The Morgan fingerprint density at radius 3 is 1.62 bits per heavy atom. The lowest BCUT2D eigenvalue weighted by Crippen LogP contribution is -2.10. The molecule has 0 saturated heterocycles. The van der Waals surface area contributed by atoms with Gasteiger partial charge in [-0.3, -0.25) is 0 Å². The number of nitrogens with zero attached hydrogens (tertiary/aromatic N) is 2. The van der Waals surface area contributed by atoms with Crippen LogP contribution in [0.1, 0.15) is 0 Å². The van der Waals surface area contributed by atoms with Gasteiger partial charge in [-0.05, 0) is 83.9 Å². The van der Waals surface area contributed by atoms with E-state index < -0.39 is 0 Å². The molecule has 0 N–H and O–H groups in total. The molecule has 2 aromatic heterocycles. The van der Waals surface area contributed by atoms with Crippen LogP contribution in [-0.2, 0) is 0 Å². The maximum atomic E-state index is 6.17. The highest BCUT2D eigenvalue weighted by atomic mass is 16.3. The molecule has 212 valence electrons. The predicted molar refractivity (Wildman–Crippen MR) is 188 cm³/mol. The molecular formula is C42H28N2O. The van der Waals surface area contributed by atoms with Crippen molar-refractivity contribution in [3.05, 3.63) is 170 Å². The van der Waals surface area contributed by atoms with E-state index in [1.807, 2.05) is 18.2 Å². The molecule has 0 amide bonds. The topological polar surface area (TPSA) is 21.3 Å². The third-order valence-corrected chi connectivity index (χ3v) is 8.80. The molecule has 2 heterocycles. The number of fused-ring (bicyclic) bond motifs is 6. The van der Waals surface area contributed by atoms with E-state index in [0.29, 0.717) is 0 Å². The lowest BCUT2D eigenvalue weighted by atomic mass is 9.99. The van der Waals surface area contributed by atoms with Crippen LogP contribution in [-0.4, -0.2) is 4.57 Å². The molecule has 3 nitrogen and oxygen atoms in total. The first-order valence-corrected chi connectivity index (χ1v) is 15.3. The van der Waals surface area contributed by atoms with E-state index in [9.17, 15) is 0 Å². The number of rotatable bonds is 5. The molecular weight excluding hydrogens is 548 g/mol. The van der Waals surface area contributed by atoms with Gasteiger partial charge >= 0.3 is 0 Å². The van der Waals surface area contributed by atoms with Crippen LogP contribution in [0.25, 0.3) is 60.6 Å². The molecule has 0 saturated carbocycles. The number of benzene rings is 7. The second kappa shape index (κ2) is 10.3. The molecule has 7 aromatic carbocycles. The molecule has 0 aliphatic carbocycles. The third kappa shape index (κ3) is 4.13. The highest BCUT2D eigenvalue weighted by Crippen LogP contribution is 2.40. The average molecular weight is 577 g/mol. The van der Waals surface area contributed by atoms with Crippen molar-refractivity contribution in [1.82, 2.24) is 4.57 Å². The fourth-order valence-corrected chi connectivity index (χ4v) is 6.78. The summed E-state index contributed by atoms with van der Waals surface area (Å²) in [4.78, 5) is 2.31. The van der Waals surface area contributed by atoms with Gasteiger partial charge in [-0.15, -0.1) is 0 Å². The van der Waals surface area contributed by atoms with Gasteiger partial charge in [-0.2, -0.15) is 0 Å². The van der Waals surface area contributed by atoms with E-state index in [1.54, 1.807) is 0 Å². The molecule has 0 aliphatic rings. The Morgan fingerprint density at radius 1 is 0.400 bits per heavy atom. The SMILES string of the molecule is c1ccc(N(c2ccc(-c3cccc4oc5ccccc5c34)cc2)c2ccc(-n3c4ccccc4c4ccccc43)cc2)cc1. The summed E-state index contributed by atoms with van der Waals surface area (Å²) in [6, 6.07) is 60.2. The smallest absolute Gasteiger partial charge is 0.136 e. The van der Waals surface area contributed by atoms with Gasteiger partial charge in [0.15, 0.2) is 0 Å². The molecule has 0 unspecified atom stereocenters. The van der Waals surface area contributed by atoms with Crippen LogP contribution in [0.5, 0.6) is 0 Å². The van der Waals surface area contributed by atoms with Crippen molar-refractivity contribution in [1.29, 1.82) is 0 Å². The van der Waals surface area contributed by atoms with Gasteiger partial charge in [0, 0.05) is 44.3 Å².